The fourth-order valence-electron chi connectivity index (χ4n) is 1.51. The summed E-state index contributed by atoms with van der Waals surface area (Å²) in [5, 5.41) is 11.0. The monoisotopic (exact) mass is 269 g/mol. The van der Waals surface area contributed by atoms with Crippen LogP contribution in [0.1, 0.15) is 16.8 Å². The maximum atomic E-state index is 12.5. The zero-order valence-electron chi connectivity index (χ0n) is 9.86. The minimum atomic E-state index is -4.47. The zero-order valence-corrected chi connectivity index (χ0v) is 9.86. The van der Waals surface area contributed by atoms with Crippen LogP contribution in [0.3, 0.4) is 0 Å². The lowest BCUT2D eigenvalue weighted by molar-refractivity contribution is -0.137. The minimum Gasteiger partial charge on any atom is -0.384 e. The molecule has 2 aromatic rings. The molecule has 0 aliphatic carbocycles. The predicted octanol–water partition coefficient (Wildman–Crippen LogP) is 1.88. The van der Waals surface area contributed by atoms with Crippen LogP contribution in [0.15, 0.2) is 24.5 Å². The van der Waals surface area contributed by atoms with Crippen molar-refractivity contribution < 1.29 is 13.2 Å². The van der Waals surface area contributed by atoms with Crippen LogP contribution in [-0.2, 0) is 6.18 Å². The van der Waals surface area contributed by atoms with Crippen LogP contribution in [0.4, 0.5) is 13.2 Å². The molecule has 3 N–H and O–H groups in total. The van der Waals surface area contributed by atoms with E-state index in [1.165, 1.54) is 6.07 Å². The van der Waals surface area contributed by atoms with Gasteiger partial charge in [-0.05, 0) is 19.1 Å². The van der Waals surface area contributed by atoms with Gasteiger partial charge in [-0.15, -0.1) is 0 Å². The van der Waals surface area contributed by atoms with Crippen LogP contribution in [0, 0.1) is 12.3 Å². The van der Waals surface area contributed by atoms with E-state index in [0.717, 1.165) is 10.9 Å². The van der Waals surface area contributed by atoms with Crippen molar-refractivity contribution in [1.82, 2.24) is 14.8 Å². The molecular formula is C11H10F3N5. The van der Waals surface area contributed by atoms with E-state index in [0.29, 0.717) is 11.9 Å². The molecule has 0 aromatic carbocycles. The van der Waals surface area contributed by atoms with Crippen molar-refractivity contribution in [2.75, 3.05) is 0 Å². The Labute approximate surface area is 106 Å². The summed E-state index contributed by atoms with van der Waals surface area (Å²) in [7, 11) is 0. The molecule has 0 bridgehead atoms. The van der Waals surface area contributed by atoms with Crippen molar-refractivity contribution in [2.24, 2.45) is 5.73 Å². The number of aryl methyl sites for hydroxylation is 1. The third-order valence-electron chi connectivity index (χ3n) is 2.43. The topological polar surface area (TPSA) is 80.6 Å². The van der Waals surface area contributed by atoms with Gasteiger partial charge in [0.25, 0.3) is 0 Å². The molecule has 0 saturated heterocycles. The molecule has 0 saturated carbocycles. The molecule has 5 nitrogen and oxygen atoms in total. The predicted molar refractivity (Wildman–Crippen MR) is 62.1 cm³/mol. The number of hydrogen-bond acceptors (Lipinski definition) is 3. The maximum absolute atomic E-state index is 12.5. The van der Waals surface area contributed by atoms with Gasteiger partial charge in [0, 0.05) is 11.9 Å². The number of nitrogen functional groups attached to an aromatic ring is 1. The van der Waals surface area contributed by atoms with E-state index >= 15 is 0 Å². The lowest BCUT2D eigenvalue weighted by Crippen LogP contribution is -2.16. The molecule has 100 valence electrons. The van der Waals surface area contributed by atoms with Gasteiger partial charge in [-0.1, -0.05) is 0 Å². The van der Waals surface area contributed by atoms with Gasteiger partial charge in [-0.25, -0.2) is 9.67 Å². The first kappa shape index (κ1) is 13.1. The van der Waals surface area contributed by atoms with Crippen LogP contribution in [-0.4, -0.2) is 20.6 Å². The van der Waals surface area contributed by atoms with E-state index in [2.05, 4.69) is 10.1 Å². The zero-order chi connectivity index (χ0) is 14.2. The van der Waals surface area contributed by atoms with Gasteiger partial charge in [-0.2, -0.15) is 18.3 Å². The summed E-state index contributed by atoms with van der Waals surface area (Å²) in [6.45, 7) is 1.68. The molecule has 19 heavy (non-hydrogen) atoms. The molecule has 2 heterocycles. The number of rotatable bonds is 2. The van der Waals surface area contributed by atoms with Crippen molar-refractivity contribution in [3.63, 3.8) is 0 Å². The molecular weight excluding hydrogens is 259 g/mol. The molecule has 0 radical (unpaired) electrons. The first-order valence-corrected chi connectivity index (χ1v) is 5.23. The number of nitrogens with two attached hydrogens (primary N) is 1. The van der Waals surface area contributed by atoms with E-state index < -0.39 is 11.7 Å². The van der Waals surface area contributed by atoms with Crippen molar-refractivity contribution >= 4 is 5.84 Å². The summed E-state index contributed by atoms with van der Waals surface area (Å²) in [6, 6.07) is 3.14. The first-order chi connectivity index (χ1) is 8.79. The standard InChI is InChI=1S/C11H10F3N5/c1-6-2-3-8(9(15)16)10(18-6)19-5-7(4-17-19)11(12,13)14/h2-5H,1H3,(H3,15,16). The fourth-order valence-corrected chi connectivity index (χ4v) is 1.51. The van der Waals surface area contributed by atoms with Gasteiger partial charge in [0.2, 0.25) is 0 Å². The number of alkyl halides is 3. The van der Waals surface area contributed by atoms with E-state index in [1.54, 1.807) is 13.0 Å². The lowest BCUT2D eigenvalue weighted by Gasteiger charge is -2.08. The summed E-state index contributed by atoms with van der Waals surface area (Å²) in [5.74, 6) is -0.186. The Balaban J connectivity index is 2.55. The highest BCUT2D eigenvalue weighted by Crippen LogP contribution is 2.29. The molecule has 0 aliphatic heterocycles. The lowest BCUT2D eigenvalue weighted by atomic mass is 10.2. The quantitative estimate of drug-likeness (QED) is 0.645. The molecule has 2 aromatic heterocycles. The third-order valence-corrected chi connectivity index (χ3v) is 2.43. The summed E-state index contributed by atoms with van der Waals surface area (Å²) in [6.07, 6.45) is -2.96. The maximum Gasteiger partial charge on any atom is 0.419 e. The van der Waals surface area contributed by atoms with Crippen LogP contribution in [0.2, 0.25) is 0 Å². The summed E-state index contributed by atoms with van der Waals surface area (Å²) in [4.78, 5) is 4.07. The van der Waals surface area contributed by atoms with Gasteiger partial charge >= 0.3 is 6.18 Å². The van der Waals surface area contributed by atoms with E-state index in [9.17, 15) is 13.2 Å². The van der Waals surface area contributed by atoms with Gasteiger partial charge in [0.15, 0.2) is 5.82 Å². The van der Waals surface area contributed by atoms with Crippen molar-refractivity contribution in [1.29, 1.82) is 5.41 Å². The largest absolute Gasteiger partial charge is 0.419 e. The Kier molecular flexibility index (Phi) is 3.01. The number of aromatic nitrogens is 3. The average Bonchev–Trinajstić information content (AvgIpc) is 2.77. The van der Waals surface area contributed by atoms with Gasteiger partial charge in [-0.3, -0.25) is 5.41 Å². The molecule has 0 atom stereocenters. The Bertz CT molecular complexity index is 630. The highest BCUT2D eigenvalue weighted by Gasteiger charge is 2.32. The normalized spacial score (nSPS) is 11.6. The van der Waals surface area contributed by atoms with Crippen LogP contribution in [0.5, 0.6) is 0 Å². The molecule has 8 heteroatoms. The summed E-state index contributed by atoms with van der Waals surface area (Å²) >= 11 is 0. The second kappa shape index (κ2) is 4.38. The number of nitrogens with one attached hydrogen (secondary N) is 1. The number of nitrogens with zero attached hydrogens (tertiary/aromatic N) is 3. The fraction of sp³-hybridized carbons (Fsp3) is 0.182. The highest BCUT2D eigenvalue weighted by atomic mass is 19.4. The van der Waals surface area contributed by atoms with Crippen LogP contribution in [0.25, 0.3) is 5.82 Å². The highest BCUT2D eigenvalue weighted by molar-refractivity contribution is 5.97. The number of hydrogen-bond donors (Lipinski definition) is 2. The SMILES string of the molecule is Cc1ccc(C(=N)N)c(-n2cc(C(F)(F)F)cn2)n1. The first-order valence-electron chi connectivity index (χ1n) is 5.23. The Morgan fingerprint density at radius 3 is 2.58 bits per heavy atom. The van der Waals surface area contributed by atoms with Gasteiger partial charge in [0.05, 0.1) is 17.3 Å². The second-order valence-electron chi connectivity index (χ2n) is 3.91. The van der Waals surface area contributed by atoms with Crippen molar-refractivity contribution in [3.05, 3.63) is 41.3 Å². The van der Waals surface area contributed by atoms with Crippen molar-refractivity contribution in [2.45, 2.75) is 13.1 Å². The average molecular weight is 269 g/mol. The van der Waals surface area contributed by atoms with Crippen molar-refractivity contribution in [3.8, 4) is 5.82 Å². The molecule has 0 fully saturated rings. The van der Waals surface area contributed by atoms with E-state index in [-0.39, 0.29) is 17.2 Å². The van der Waals surface area contributed by atoms with Gasteiger partial charge < -0.3 is 5.73 Å². The van der Waals surface area contributed by atoms with E-state index in [1.807, 2.05) is 0 Å². The number of halogens is 3. The Hall–Kier alpha value is -2.38. The van der Waals surface area contributed by atoms with Gasteiger partial charge in [0.1, 0.15) is 5.84 Å². The number of amidine groups is 1. The molecule has 0 aliphatic rings. The molecule has 0 amide bonds. The smallest absolute Gasteiger partial charge is 0.384 e. The minimum absolute atomic E-state index is 0.100. The molecule has 0 spiro atoms. The van der Waals surface area contributed by atoms with E-state index in [4.69, 9.17) is 11.1 Å². The van der Waals surface area contributed by atoms with Crippen LogP contribution >= 0.6 is 0 Å². The third kappa shape index (κ3) is 2.56. The Morgan fingerprint density at radius 1 is 1.37 bits per heavy atom. The molecule has 2 rings (SSSR count). The number of pyridine rings is 1. The second-order valence-corrected chi connectivity index (χ2v) is 3.91. The summed E-state index contributed by atoms with van der Waals surface area (Å²) < 4.78 is 38.5. The van der Waals surface area contributed by atoms with Crippen LogP contribution < -0.4 is 5.73 Å². The summed E-state index contributed by atoms with van der Waals surface area (Å²) in [5.41, 5.74) is 5.30. The molecule has 0 unspecified atom stereocenters. The Morgan fingerprint density at radius 2 is 2.05 bits per heavy atom.